The van der Waals surface area contributed by atoms with Gasteiger partial charge in [0.05, 0.1) is 0 Å². The summed E-state index contributed by atoms with van der Waals surface area (Å²) in [7, 11) is 9.59. The van der Waals surface area contributed by atoms with Gasteiger partial charge in [0.15, 0.2) is 0 Å². The molecule has 157 valence electrons. The molecule has 0 atom stereocenters. The maximum absolute atomic E-state index is 4.80. The fourth-order valence-corrected chi connectivity index (χ4v) is 3.36. The van der Waals surface area contributed by atoms with Crippen molar-refractivity contribution in [1.82, 2.24) is 0 Å². The van der Waals surface area contributed by atoms with Crippen LogP contribution in [0, 0.1) is 0 Å². The van der Waals surface area contributed by atoms with E-state index in [4.69, 9.17) is 20.2 Å². The van der Waals surface area contributed by atoms with Gasteiger partial charge in [-0.1, -0.05) is 72.9 Å². The fourth-order valence-electron chi connectivity index (χ4n) is 3.36. The van der Waals surface area contributed by atoms with Crippen molar-refractivity contribution in [3.8, 4) is 0 Å². The van der Waals surface area contributed by atoms with Crippen LogP contribution in [0.1, 0.15) is 0 Å². The average molecular weight is 486 g/mol. The first-order valence-electron chi connectivity index (χ1n) is 9.36. The minimum absolute atomic E-state index is 0.00694. The van der Waals surface area contributed by atoms with E-state index >= 15 is 0 Å². The molecule has 0 aromatic heterocycles. The normalized spacial score (nSPS) is 14.5. The summed E-state index contributed by atoms with van der Waals surface area (Å²) < 4.78 is 0. The predicted molar refractivity (Wildman–Crippen MR) is 130 cm³/mol. The van der Waals surface area contributed by atoms with Gasteiger partial charge < -0.3 is 21.3 Å². The number of benzene rings is 2. The van der Waals surface area contributed by atoms with Crippen LogP contribution in [0.15, 0.2) is 73.4 Å². The molecule has 4 aliphatic rings. The molecule has 0 radical (unpaired) electrons. The minimum atomic E-state index is 0.00694. The fraction of sp³-hybridized carbons (Fsp3) is 0. The third-order valence-electron chi connectivity index (χ3n) is 4.69. The Labute approximate surface area is 195 Å². The van der Waals surface area contributed by atoms with Crippen LogP contribution in [-0.4, -0.2) is 0 Å². The van der Waals surface area contributed by atoms with Crippen LogP contribution in [-0.2, 0) is 13.1 Å². The van der Waals surface area contributed by atoms with Crippen LogP contribution in [0.2, 0.25) is 0 Å². The molecule has 0 N–H and O–H groups in total. The van der Waals surface area contributed by atoms with Crippen molar-refractivity contribution in [1.29, 1.82) is 0 Å². The van der Waals surface area contributed by atoms with Crippen LogP contribution in [0.4, 0.5) is 22.7 Å². The molecular weight excluding hydrogens is 470 g/mol. The summed E-state index contributed by atoms with van der Waals surface area (Å²) in [5.74, 6) is 0. The van der Waals surface area contributed by atoms with Crippen molar-refractivity contribution in [3.63, 3.8) is 0 Å². The second kappa shape index (κ2) is 10.5. The van der Waals surface area contributed by atoms with Crippen molar-refractivity contribution < 1.29 is 13.1 Å². The SMILES string of the molecule is C1=C[N-]c2c3c(ccc2=C1)=CC=C[N-]3.C1=C[N-]c2c3c(ccc2=C1)=CC=C[N-]3.[Cl][Mn][Cl]. The number of halogens is 2. The quantitative estimate of drug-likeness (QED) is 0.411. The number of allylic oxidation sites excluding steroid dienone is 4. The molecule has 4 heterocycles. The summed E-state index contributed by atoms with van der Waals surface area (Å²) in [5.41, 5.74) is 3.91. The van der Waals surface area contributed by atoms with Gasteiger partial charge in [-0.2, -0.15) is 24.8 Å². The first kappa shape index (κ1) is 21.4. The topological polar surface area (TPSA) is 56.4 Å². The molecule has 7 heteroatoms. The number of nitrogens with zero attached hydrogens (tertiary/aromatic N) is 4. The first-order chi connectivity index (χ1) is 15.3. The molecule has 0 spiro atoms. The summed E-state index contributed by atoms with van der Waals surface area (Å²) in [6.45, 7) is 0. The Hall–Kier alpha value is -2.82. The molecule has 2 aromatic rings. The maximum atomic E-state index is 4.80. The Morgan fingerprint density at radius 1 is 0.452 bits per heavy atom. The van der Waals surface area contributed by atoms with Crippen LogP contribution in [0.5, 0.6) is 0 Å². The molecule has 6 rings (SSSR count). The number of fused-ring (bicyclic) bond motifs is 6. The molecule has 2 aromatic carbocycles. The van der Waals surface area contributed by atoms with Crippen molar-refractivity contribution >= 4 is 67.2 Å². The summed E-state index contributed by atoms with van der Waals surface area (Å²) in [5, 5.41) is 21.9. The van der Waals surface area contributed by atoms with E-state index in [1.807, 2.05) is 24.3 Å². The van der Waals surface area contributed by atoms with Crippen LogP contribution in [0.3, 0.4) is 0 Å². The van der Waals surface area contributed by atoms with E-state index in [-0.39, 0.29) is 13.1 Å². The van der Waals surface area contributed by atoms with Crippen LogP contribution >= 0.6 is 20.2 Å². The van der Waals surface area contributed by atoms with Crippen molar-refractivity contribution in [2.45, 2.75) is 0 Å². The number of hydrogen-bond acceptors (Lipinski definition) is 0. The van der Waals surface area contributed by atoms with E-state index < -0.39 is 0 Å². The Bertz CT molecular complexity index is 1140. The summed E-state index contributed by atoms with van der Waals surface area (Å²) in [6, 6.07) is 8.30. The molecule has 31 heavy (non-hydrogen) atoms. The van der Waals surface area contributed by atoms with Crippen molar-refractivity contribution in [3.05, 3.63) is 116 Å². The standard InChI is InChI=1S/2C12H8N2.2ClH.Mn/c2*1-3-9-5-6-10-4-2-8-14-12(10)11(9)13-7-1;;;/h2*1-8H;2*1H;/q2*-2;;;+2/p-2. The molecule has 0 aliphatic carbocycles. The zero-order valence-electron chi connectivity index (χ0n) is 16.2. The van der Waals surface area contributed by atoms with E-state index in [0.29, 0.717) is 0 Å². The van der Waals surface area contributed by atoms with Gasteiger partial charge in [0.2, 0.25) is 0 Å². The summed E-state index contributed by atoms with van der Waals surface area (Å²) >= 11 is 0.00694. The first-order valence-corrected chi connectivity index (χ1v) is 12.6. The second-order valence-corrected chi connectivity index (χ2v) is 8.44. The Kier molecular flexibility index (Phi) is 7.23. The number of rotatable bonds is 0. The average Bonchev–Trinajstić information content (AvgIpc) is 2.85. The van der Waals surface area contributed by atoms with Gasteiger partial charge >= 0.3 is 33.3 Å². The van der Waals surface area contributed by atoms with Crippen LogP contribution < -0.4 is 20.9 Å². The van der Waals surface area contributed by atoms with Gasteiger partial charge in [-0.15, -0.1) is 22.7 Å². The molecule has 0 saturated carbocycles. The summed E-state index contributed by atoms with van der Waals surface area (Å²) in [4.78, 5) is 0. The Morgan fingerprint density at radius 2 is 0.677 bits per heavy atom. The van der Waals surface area contributed by atoms with Gasteiger partial charge in [0, 0.05) is 0 Å². The Balaban J connectivity index is 0.000000133. The third kappa shape index (κ3) is 4.92. The van der Waals surface area contributed by atoms with Gasteiger partial charge in [-0.25, -0.2) is 0 Å². The van der Waals surface area contributed by atoms with Gasteiger partial charge in [0.1, 0.15) is 0 Å². The zero-order chi connectivity index (χ0) is 21.5. The van der Waals surface area contributed by atoms with Gasteiger partial charge in [-0.05, 0) is 20.9 Å². The summed E-state index contributed by atoms with van der Waals surface area (Å²) in [6.07, 6.45) is 23.2. The molecule has 4 aliphatic heterocycles. The van der Waals surface area contributed by atoms with Crippen LogP contribution in [0.25, 0.3) is 45.6 Å². The van der Waals surface area contributed by atoms with E-state index in [1.165, 1.54) is 0 Å². The van der Waals surface area contributed by atoms with E-state index in [2.05, 4.69) is 69.8 Å². The third-order valence-corrected chi connectivity index (χ3v) is 4.69. The molecule has 0 unspecified atom stereocenters. The van der Waals surface area contributed by atoms with E-state index in [1.54, 1.807) is 24.8 Å². The van der Waals surface area contributed by atoms with E-state index in [9.17, 15) is 0 Å². The van der Waals surface area contributed by atoms with Crippen molar-refractivity contribution in [2.75, 3.05) is 0 Å². The van der Waals surface area contributed by atoms with Gasteiger partial charge in [-0.3, -0.25) is 0 Å². The Morgan fingerprint density at radius 3 is 0.903 bits per heavy atom. The molecule has 4 nitrogen and oxygen atoms in total. The van der Waals surface area contributed by atoms with E-state index in [0.717, 1.165) is 43.6 Å². The predicted octanol–water partition coefficient (Wildman–Crippen LogP) is 6.00. The number of hydrogen-bond donors (Lipinski definition) is 0. The molecule has 0 saturated heterocycles. The zero-order valence-corrected chi connectivity index (χ0v) is 18.9. The molecule has 0 bridgehead atoms. The van der Waals surface area contributed by atoms with Crippen molar-refractivity contribution in [2.24, 2.45) is 0 Å². The monoisotopic (exact) mass is 485 g/mol. The molecule has 0 amide bonds. The second-order valence-electron chi connectivity index (χ2n) is 6.49. The molecule has 0 fully saturated rings. The van der Waals surface area contributed by atoms with Gasteiger partial charge in [0.25, 0.3) is 0 Å². The molecular formula is C24H16Cl2MnN4-4.